The monoisotopic (exact) mass is 330 g/mol. The van der Waals surface area contributed by atoms with Gasteiger partial charge in [0.05, 0.1) is 7.11 Å². The Morgan fingerprint density at radius 3 is 2.50 bits per heavy atom. The van der Waals surface area contributed by atoms with E-state index in [1.165, 1.54) is 0 Å². The molecular formula is C19H26N2O3. The van der Waals surface area contributed by atoms with Gasteiger partial charge in [-0.2, -0.15) is 0 Å². The van der Waals surface area contributed by atoms with Crippen molar-refractivity contribution in [3.8, 4) is 11.5 Å². The topological polar surface area (TPSA) is 54.8 Å². The first-order valence-corrected chi connectivity index (χ1v) is 8.28. The smallest absolute Gasteiger partial charge is 0.119 e. The van der Waals surface area contributed by atoms with Gasteiger partial charge in [-0.1, -0.05) is 13.0 Å². The fraction of sp³-hybridized carbons (Fsp3) is 0.421. The second-order valence-corrected chi connectivity index (χ2v) is 5.60. The molecule has 24 heavy (non-hydrogen) atoms. The van der Waals surface area contributed by atoms with E-state index in [4.69, 9.17) is 9.47 Å². The molecule has 1 aromatic carbocycles. The Morgan fingerprint density at radius 2 is 1.88 bits per heavy atom. The van der Waals surface area contributed by atoms with Crippen molar-refractivity contribution in [2.75, 3.05) is 33.4 Å². The van der Waals surface area contributed by atoms with Gasteiger partial charge in [-0.3, -0.25) is 4.98 Å². The van der Waals surface area contributed by atoms with Gasteiger partial charge in [-0.25, -0.2) is 0 Å². The van der Waals surface area contributed by atoms with Crippen LogP contribution in [0.1, 0.15) is 12.6 Å². The summed E-state index contributed by atoms with van der Waals surface area (Å²) in [5.41, 5.74) is 1.07. The second-order valence-electron chi connectivity index (χ2n) is 5.60. The molecule has 0 saturated carbocycles. The van der Waals surface area contributed by atoms with Crippen LogP contribution in [0.15, 0.2) is 48.7 Å². The highest BCUT2D eigenvalue weighted by atomic mass is 16.5. The van der Waals surface area contributed by atoms with E-state index in [2.05, 4.69) is 16.8 Å². The van der Waals surface area contributed by atoms with Crippen molar-refractivity contribution in [3.63, 3.8) is 0 Å². The lowest BCUT2D eigenvalue weighted by Crippen LogP contribution is -2.36. The van der Waals surface area contributed by atoms with E-state index in [0.717, 1.165) is 36.7 Å². The summed E-state index contributed by atoms with van der Waals surface area (Å²) in [6.45, 7) is 4.70. The summed E-state index contributed by atoms with van der Waals surface area (Å²) >= 11 is 0. The van der Waals surface area contributed by atoms with Gasteiger partial charge >= 0.3 is 0 Å². The molecule has 1 heterocycles. The van der Waals surface area contributed by atoms with Crippen molar-refractivity contribution in [2.45, 2.75) is 19.4 Å². The third-order valence-corrected chi connectivity index (χ3v) is 3.83. The Labute approximate surface area is 143 Å². The van der Waals surface area contributed by atoms with Crippen LogP contribution in [-0.2, 0) is 6.42 Å². The van der Waals surface area contributed by atoms with Gasteiger partial charge in [0, 0.05) is 31.4 Å². The molecule has 0 aliphatic heterocycles. The van der Waals surface area contributed by atoms with Crippen LogP contribution >= 0.6 is 0 Å². The van der Waals surface area contributed by atoms with Crippen LogP contribution in [0.5, 0.6) is 11.5 Å². The first kappa shape index (κ1) is 18.2. The lowest BCUT2D eigenvalue weighted by atomic mass is 10.2. The fourth-order valence-electron chi connectivity index (χ4n) is 2.41. The zero-order valence-electron chi connectivity index (χ0n) is 14.4. The molecule has 5 nitrogen and oxygen atoms in total. The van der Waals surface area contributed by atoms with Crippen LogP contribution in [0.25, 0.3) is 0 Å². The molecule has 5 heteroatoms. The Hall–Kier alpha value is -2.11. The minimum absolute atomic E-state index is 0.270. The molecule has 2 aromatic rings. The SMILES string of the molecule is CCN(CCc1ccccn1)CC(O)COc1ccc(OC)cc1. The number of benzene rings is 1. The minimum atomic E-state index is -0.532. The summed E-state index contributed by atoms with van der Waals surface area (Å²) in [6.07, 6.45) is 2.15. The normalized spacial score (nSPS) is 12.2. The third-order valence-electron chi connectivity index (χ3n) is 3.83. The number of aliphatic hydroxyl groups excluding tert-OH is 1. The molecule has 0 spiro atoms. The van der Waals surface area contributed by atoms with Crippen molar-refractivity contribution >= 4 is 0 Å². The molecule has 1 aromatic heterocycles. The van der Waals surface area contributed by atoms with E-state index in [1.807, 2.05) is 48.7 Å². The first-order chi connectivity index (χ1) is 11.7. The molecule has 0 radical (unpaired) electrons. The highest BCUT2D eigenvalue weighted by Gasteiger charge is 2.11. The average Bonchev–Trinajstić information content (AvgIpc) is 2.64. The number of likely N-dealkylation sites (N-methyl/N-ethyl adjacent to an activating group) is 1. The summed E-state index contributed by atoms with van der Waals surface area (Å²) < 4.78 is 10.7. The predicted molar refractivity (Wildman–Crippen MR) is 94.6 cm³/mol. The summed E-state index contributed by atoms with van der Waals surface area (Å²) in [5.74, 6) is 1.51. The Kier molecular flexibility index (Phi) is 7.52. The number of rotatable bonds is 10. The summed E-state index contributed by atoms with van der Waals surface area (Å²) in [7, 11) is 1.63. The molecule has 1 unspecified atom stereocenters. The number of nitrogens with zero attached hydrogens (tertiary/aromatic N) is 2. The first-order valence-electron chi connectivity index (χ1n) is 8.28. The quantitative estimate of drug-likeness (QED) is 0.725. The van der Waals surface area contributed by atoms with Gasteiger partial charge in [0.25, 0.3) is 0 Å². The number of hydrogen-bond donors (Lipinski definition) is 1. The van der Waals surface area contributed by atoms with Gasteiger partial charge < -0.3 is 19.5 Å². The maximum atomic E-state index is 10.2. The highest BCUT2D eigenvalue weighted by Crippen LogP contribution is 2.17. The van der Waals surface area contributed by atoms with E-state index in [0.29, 0.717) is 6.54 Å². The van der Waals surface area contributed by atoms with Gasteiger partial charge in [0.2, 0.25) is 0 Å². The molecule has 1 N–H and O–H groups in total. The zero-order valence-corrected chi connectivity index (χ0v) is 14.4. The third kappa shape index (κ3) is 6.18. The fourth-order valence-corrected chi connectivity index (χ4v) is 2.41. The van der Waals surface area contributed by atoms with Crippen molar-refractivity contribution in [1.29, 1.82) is 0 Å². The van der Waals surface area contributed by atoms with Crippen LogP contribution < -0.4 is 9.47 Å². The minimum Gasteiger partial charge on any atom is -0.497 e. The molecule has 0 fully saturated rings. The molecular weight excluding hydrogens is 304 g/mol. The standard InChI is InChI=1S/C19H26N2O3/c1-3-21(13-11-16-6-4-5-12-20-16)14-17(22)15-24-19-9-7-18(23-2)8-10-19/h4-10,12,17,22H,3,11,13-15H2,1-2H3. The number of hydrogen-bond acceptors (Lipinski definition) is 5. The van der Waals surface area contributed by atoms with Crippen molar-refractivity contribution in [2.24, 2.45) is 0 Å². The van der Waals surface area contributed by atoms with E-state index in [9.17, 15) is 5.11 Å². The van der Waals surface area contributed by atoms with Crippen LogP contribution in [0.2, 0.25) is 0 Å². The van der Waals surface area contributed by atoms with E-state index in [1.54, 1.807) is 7.11 Å². The Balaban J connectivity index is 1.73. The number of aromatic nitrogens is 1. The van der Waals surface area contributed by atoms with Crippen LogP contribution in [-0.4, -0.2) is 54.4 Å². The molecule has 0 amide bonds. The average molecular weight is 330 g/mol. The summed E-state index contributed by atoms with van der Waals surface area (Å²) in [4.78, 5) is 6.54. The van der Waals surface area contributed by atoms with Crippen molar-refractivity contribution in [3.05, 3.63) is 54.4 Å². The van der Waals surface area contributed by atoms with Gasteiger partial charge in [-0.15, -0.1) is 0 Å². The lowest BCUT2D eigenvalue weighted by molar-refractivity contribution is 0.0701. The van der Waals surface area contributed by atoms with Gasteiger partial charge in [0.15, 0.2) is 0 Å². The van der Waals surface area contributed by atoms with Crippen LogP contribution in [0.3, 0.4) is 0 Å². The molecule has 1 atom stereocenters. The summed E-state index contributed by atoms with van der Waals surface area (Å²) in [6, 6.07) is 13.3. The maximum Gasteiger partial charge on any atom is 0.119 e. The van der Waals surface area contributed by atoms with Crippen LogP contribution in [0, 0.1) is 0 Å². The zero-order chi connectivity index (χ0) is 17.2. The predicted octanol–water partition coefficient (Wildman–Crippen LogP) is 2.39. The van der Waals surface area contributed by atoms with Crippen LogP contribution in [0.4, 0.5) is 0 Å². The number of pyridine rings is 1. The van der Waals surface area contributed by atoms with E-state index >= 15 is 0 Å². The second kappa shape index (κ2) is 9.90. The maximum absolute atomic E-state index is 10.2. The molecule has 0 saturated heterocycles. The van der Waals surface area contributed by atoms with Gasteiger partial charge in [0.1, 0.15) is 24.2 Å². The molecule has 0 bridgehead atoms. The molecule has 0 aliphatic rings. The molecule has 2 rings (SSSR count). The summed E-state index contributed by atoms with van der Waals surface area (Å²) in [5, 5.41) is 10.2. The Morgan fingerprint density at radius 1 is 1.12 bits per heavy atom. The number of ether oxygens (including phenoxy) is 2. The van der Waals surface area contributed by atoms with E-state index < -0.39 is 6.10 Å². The Bertz CT molecular complexity index is 575. The number of aliphatic hydroxyl groups is 1. The van der Waals surface area contributed by atoms with Gasteiger partial charge in [-0.05, 0) is 42.9 Å². The molecule has 130 valence electrons. The van der Waals surface area contributed by atoms with Crippen molar-refractivity contribution in [1.82, 2.24) is 9.88 Å². The highest BCUT2D eigenvalue weighted by molar-refractivity contribution is 5.31. The molecule has 0 aliphatic carbocycles. The van der Waals surface area contributed by atoms with E-state index in [-0.39, 0.29) is 6.61 Å². The lowest BCUT2D eigenvalue weighted by Gasteiger charge is -2.23. The largest absolute Gasteiger partial charge is 0.497 e. The number of methoxy groups -OCH3 is 1. The van der Waals surface area contributed by atoms with Crippen molar-refractivity contribution < 1.29 is 14.6 Å².